The molecule has 0 bridgehead atoms. The third-order valence-electron chi connectivity index (χ3n) is 1.99. The van der Waals surface area contributed by atoms with Crippen LogP contribution in [0.15, 0.2) is 24.3 Å². The van der Waals surface area contributed by atoms with Gasteiger partial charge in [-0.2, -0.15) is 0 Å². The Labute approximate surface area is 100 Å². The van der Waals surface area contributed by atoms with E-state index in [0.29, 0.717) is 6.42 Å². The number of methoxy groups -OCH3 is 1. The first-order valence-electron chi connectivity index (χ1n) is 5.11. The van der Waals surface area contributed by atoms with Gasteiger partial charge in [0.15, 0.2) is 0 Å². The molecule has 0 spiro atoms. The van der Waals surface area contributed by atoms with Gasteiger partial charge in [0, 0.05) is 22.8 Å². The number of hydrogen-bond acceptors (Lipinski definition) is 4. The van der Waals surface area contributed by atoms with Gasteiger partial charge < -0.3 is 10.1 Å². The third-order valence-corrected chi connectivity index (χ3v) is 3.07. The Balaban J connectivity index is 2.39. The van der Waals surface area contributed by atoms with E-state index in [0.717, 1.165) is 23.5 Å². The maximum Gasteiger partial charge on any atom is 0.310 e. The second-order valence-corrected chi connectivity index (χ2v) is 4.93. The van der Waals surface area contributed by atoms with Gasteiger partial charge in [0.1, 0.15) is 0 Å². The predicted molar refractivity (Wildman–Crippen MR) is 66.6 cm³/mol. The fourth-order valence-electron chi connectivity index (χ4n) is 1.23. The summed E-state index contributed by atoms with van der Waals surface area (Å²) in [6, 6.07) is 4.01. The van der Waals surface area contributed by atoms with E-state index in [4.69, 9.17) is 0 Å². The Bertz CT molecular complexity index is 371. The van der Waals surface area contributed by atoms with E-state index in [9.17, 15) is 4.79 Å². The van der Waals surface area contributed by atoms with Gasteiger partial charge in [-0.05, 0) is 19.1 Å². The van der Waals surface area contributed by atoms with Crippen LogP contribution in [0, 0.1) is 0 Å². The minimum absolute atomic E-state index is 0.191. The molecular weight excluding hydrogens is 222 g/mol. The average Bonchev–Trinajstić information content (AvgIpc) is 2.65. The fourth-order valence-corrected chi connectivity index (χ4v) is 2.20. The molecular formula is C12H17NO2S. The minimum atomic E-state index is -0.191. The molecule has 0 radical (unpaired) electrons. The fraction of sp³-hybridized carbons (Fsp3) is 0.417. The summed E-state index contributed by atoms with van der Waals surface area (Å²) in [5.41, 5.74) is 1.12. The van der Waals surface area contributed by atoms with Crippen LogP contribution >= 0.6 is 11.3 Å². The number of carbonyl (C=O) groups is 1. The van der Waals surface area contributed by atoms with Crippen molar-refractivity contribution in [3.8, 4) is 0 Å². The number of ether oxygens (including phenoxy) is 1. The van der Waals surface area contributed by atoms with Crippen molar-refractivity contribution in [3.63, 3.8) is 0 Å². The van der Waals surface area contributed by atoms with Crippen LogP contribution in [-0.4, -0.2) is 19.6 Å². The van der Waals surface area contributed by atoms with Crippen molar-refractivity contribution < 1.29 is 9.53 Å². The van der Waals surface area contributed by atoms with Gasteiger partial charge in [-0.25, -0.2) is 0 Å². The summed E-state index contributed by atoms with van der Waals surface area (Å²) in [7, 11) is 1.41. The van der Waals surface area contributed by atoms with E-state index in [1.54, 1.807) is 11.3 Å². The zero-order chi connectivity index (χ0) is 12.0. The Morgan fingerprint density at radius 3 is 2.81 bits per heavy atom. The van der Waals surface area contributed by atoms with Crippen LogP contribution in [0.5, 0.6) is 0 Å². The molecule has 16 heavy (non-hydrogen) atoms. The molecule has 1 heterocycles. The first-order valence-corrected chi connectivity index (χ1v) is 5.93. The van der Waals surface area contributed by atoms with E-state index >= 15 is 0 Å². The summed E-state index contributed by atoms with van der Waals surface area (Å²) >= 11 is 1.64. The second-order valence-electron chi connectivity index (χ2n) is 3.68. The molecule has 0 saturated carbocycles. The largest absolute Gasteiger partial charge is 0.469 e. The average molecular weight is 239 g/mol. The van der Waals surface area contributed by atoms with Gasteiger partial charge >= 0.3 is 5.97 Å². The van der Waals surface area contributed by atoms with E-state index in [1.165, 1.54) is 12.0 Å². The molecule has 1 rings (SSSR count). The molecule has 0 unspecified atom stereocenters. The van der Waals surface area contributed by atoms with Crippen LogP contribution in [0.25, 0.3) is 0 Å². The number of hydrogen-bond donors (Lipinski definition) is 1. The third kappa shape index (κ3) is 4.59. The van der Waals surface area contributed by atoms with Crippen LogP contribution < -0.4 is 5.32 Å². The highest BCUT2D eigenvalue weighted by Gasteiger charge is 2.05. The quantitative estimate of drug-likeness (QED) is 0.610. The number of rotatable bonds is 6. The second kappa shape index (κ2) is 6.45. The summed E-state index contributed by atoms with van der Waals surface area (Å²) in [6.07, 6.45) is 0.363. The minimum Gasteiger partial charge on any atom is -0.469 e. The van der Waals surface area contributed by atoms with Crippen LogP contribution in [-0.2, 0) is 22.5 Å². The molecule has 0 aliphatic carbocycles. The predicted octanol–water partition coefficient (Wildman–Crippen LogP) is 2.13. The topological polar surface area (TPSA) is 38.3 Å². The van der Waals surface area contributed by atoms with Gasteiger partial charge in [-0.1, -0.05) is 12.2 Å². The van der Waals surface area contributed by atoms with E-state index < -0.39 is 0 Å². The van der Waals surface area contributed by atoms with Crippen LogP contribution in [0.3, 0.4) is 0 Å². The van der Waals surface area contributed by atoms with Crippen LogP contribution in [0.2, 0.25) is 0 Å². The van der Waals surface area contributed by atoms with Gasteiger partial charge in [0.05, 0.1) is 13.5 Å². The van der Waals surface area contributed by atoms with E-state index in [2.05, 4.69) is 16.6 Å². The lowest BCUT2D eigenvalue weighted by Gasteiger charge is -2.01. The molecule has 1 aromatic heterocycles. The van der Waals surface area contributed by atoms with E-state index in [-0.39, 0.29) is 5.97 Å². The summed E-state index contributed by atoms with van der Waals surface area (Å²) in [5.74, 6) is -0.191. The molecule has 0 fully saturated rings. The van der Waals surface area contributed by atoms with Crippen molar-refractivity contribution in [1.29, 1.82) is 0 Å². The highest BCUT2D eigenvalue weighted by atomic mass is 32.1. The summed E-state index contributed by atoms with van der Waals surface area (Å²) in [6.45, 7) is 7.45. The van der Waals surface area contributed by atoms with Crippen molar-refractivity contribution in [3.05, 3.63) is 34.0 Å². The zero-order valence-electron chi connectivity index (χ0n) is 9.71. The Kier molecular flexibility index (Phi) is 5.22. The molecule has 88 valence electrons. The van der Waals surface area contributed by atoms with Crippen molar-refractivity contribution in [2.45, 2.75) is 19.9 Å². The summed E-state index contributed by atoms with van der Waals surface area (Å²) < 4.78 is 4.62. The maximum absolute atomic E-state index is 11.1. The summed E-state index contributed by atoms with van der Waals surface area (Å²) in [5, 5.41) is 3.28. The molecule has 1 aromatic rings. The van der Waals surface area contributed by atoms with Crippen molar-refractivity contribution in [2.75, 3.05) is 13.7 Å². The first kappa shape index (κ1) is 12.9. The van der Waals surface area contributed by atoms with Gasteiger partial charge in [-0.15, -0.1) is 11.3 Å². The smallest absolute Gasteiger partial charge is 0.310 e. The number of esters is 1. The van der Waals surface area contributed by atoms with Crippen molar-refractivity contribution >= 4 is 17.3 Å². The molecule has 0 saturated heterocycles. The zero-order valence-corrected chi connectivity index (χ0v) is 10.5. The van der Waals surface area contributed by atoms with Crippen LogP contribution in [0.4, 0.5) is 0 Å². The van der Waals surface area contributed by atoms with Gasteiger partial charge in [-0.3, -0.25) is 4.79 Å². The highest BCUT2D eigenvalue weighted by molar-refractivity contribution is 7.12. The number of carbonyl (C=O) groups excluding carboxylic acids is 1. The SMILES string of the molecule is C=C(C)CNCc1ccc(CC(=O)OC)s1. The molecule has 0 aromatic carbocycles. The highest BCUT2D eigenvalue weighted by Crippen LogP contribution is 2.17. The van der Waals surface area contributed by atoms with E-state index in [1.807, 2.05) is 19.1 Å². The lowest BCUT2D eigenvalue weighted by molar-refractivity contribution is -0.139. The van der Waals surface area contributed by atoms with Crippen molar-refractivity contribution in [1.82, 2.24) is 5.32 Å². The molecule has 0 aliphatic heterocycles. The van der Waals surface area contributed by atoms with Crippen molar-refractivity contribution in [2.24, 2.45) is 0 Å². The first-order chi connectivity index (χ1) is 7.61. The molecule has 0 atom stereocenters. The molecule has 3 nitrogen and oxygen atoms in total. The van der Waals surface area contributed by atoms with Gasteiger partial charge in [0.25, 0.3) is 0 Å². The van der Waals surface area contributed by atoms with Gasteiger partial charge in [0.2, 0.25) is 0 Å². The molecule has 1 N–H and O–H groups in total. The number of thiophene rings is 1. The van der Waals surface area contributed by atoms with Crippen LogP contribution in [0.1, 0.15) is 16.7 Å². The lowest BCUT2D eigenvalue weighted by Crippen LogP contribution is -2.14. The lowest BCUT2D eigenvalue weighted by atomic mass is 10.3. The summed E-state index contributed by atoms with van der Waals surface area (Å²) in [4.78, 5) is 13.3. The molecule has 0 aliphatic rings. The standard InChI is InChI=1S/C12H17NO2S/c1-9(2)7-13-8-11-5-4-10(16-11)6-12(14)15-3/h4-5,13H,1,6-8H2,2-3H3. The Morgan fingerprint density at radius 2 is 2.19 bits per heavy atom. The Morgan fingerprint density at radius 1 is 1.50 bits per heavy atom. The molecule has 4 heteroatoms. The monoisotopic (exact) mass is 239 g/mol. The normalized spacial score (nSPS) is 10.1. The molecule has 0 amide bonds. The Hall–Kier alpha value is -1.13. The number of nitrogens with one attached hydrogen (secondary N) is 1. The maximum atomic E-state index is 11.1.